The minimum atomic E-state index is -1.10. The third-order valence-corrected chi connectivity index (χ3v) is 3.37. The number of aromatic amines is 1. The van der Waals surface area contributed by atoms with E-state index in [1.54, 1.807) is 13.8 Å². The first-order valence-corrected chi connectivity index (χ1v) is 6.47. The minimum absolute atomic E-state index is 0.0844. The van der Waals surface area contributed by atoms with Gasteiger partial charge >= 0.3 is 5.97 Å². The van der Waals surface area contributed by atoms with E-state index in [1.807, 2.05) is 0 Å². The predicted molar refractivity (Wildman–Crippen MR) is 69.6 cm³/mol. The number of carbonyl (C=O) groups is 1. The second-order valence-corrected chi connectivity index (χ2v) is 4.94. The van der Waals surface area contributed by atoms with E-state index in [-0.39, 0.29) is 11.3 Å². The number of thioether (sulfide) groups is 1. The van der Waals surface area contributed by atoms with Crippen LogP contribution in [0.25, 0.3) is 0 Å². The fourth-order valence-electron chi connectivity index (χ4n) is 1.53. The molecule has 0 unspecified atom stereocenters. The van der Waals surface area contributed by atoms with Crippen LogP contribution >= 0.6 is 11.8 Å². The number of H-pyrrole nitrogens is 1. The molecule has 2 rings (SSSR count). The topological polar surface area (TPSA) is 96.2 Å². The molecule has 0 aliphatic carbocycles. The lowest BCUT2D eigenvalue weighted by Gasteiger charge is -2.00. The van der Waals surface area contributed by atoms with Gasteiger partial charge in [0.05, 0.1) is 0 Å². The molecule has 100 valence electrons. The van der Waals surface area contributed by atoms with E-state index >= 15 is 0 Å². The fourth-order valence-corrected chi connectivity index (χ4v) is 2.49. The van der Waals surface area contributed by atoms with Crippen LogP contribution < -0.4 is 5.56 Å². The molecule has 0 amide bonds. The highest BCUT2D eigenvalue weighted by atomic mass is 32.2. The van der Waals surface area contributed by atoms with Gasteiger partial charge in [-0.05, 0) is 19.9 Å². The maximum atomic E-state index is 11.3. The van der Waals surface area contributed by atoms with Crippen LogP contribution in [-0.4, -0.2) is 21.0 Å². The van der Waals surface area contributed by atoms with Crippen LogP contribution in [0.3, 0.4) is 0 Å². The van der Waals surface area contributed by atoms with Crippen molar-refractivity contribution in [2.45, 2.75) is 24.8 Å². The van der Waals surface area contributed by atoms with E-state index in [0.29, 0.717) is 22.4 Å². The summed E-state index contributed by atoms with van der Waals surface area (Å²) in [6.07, 6.45) is 0. The molecule has 0 aromatic carbocycles. The first-order valence-electron chi connectivity index (χ1n) is 5.49. The molecule has 2 aromatic heterocycles. The number of nitrogens with one attached hydrogen (secondary N) is 1. The van der Waals surface area contributed by atoms with Gasteiger partial charge < -0.3 is 14.5 Å². The first-order chi connectivity index (χ1) is 8.95. The lowest BCUT2D eigenvalue weighted by Crippen LogP contribution is -2.08. The van der Waals surface area contributed by atoms with Gasteiger partial charge in [0.2, 0.25) is 5.76 Å². The monoisotopic (exact) mass is 280 g/mol. The van der Waals surface area contributed by atoms with Crippen molar-refractivity contribution in [3.05, 3.63) is 45.3 Å². The Kier molecular flexibility index (Phi) is 3.75. The Morgan fingerprint density at radius 2 is 2.21 bits per heavy atom. The highest BCUT2D eigenvalue weighted by Gasteiger charge is 2.13. The van der Waals surface area contributed by atoms with Gasteiger partial charge in [0.25, 0.3) is 5.56 Å². The van der Waals surface area contributed by atoms with Gasteiger partial charge in [0, 0.05) is 23.1 Å². The standard InChI is InChI=1S/C12H12N2O4S/c1-6-3-10(15)14-12(13-6)19-5-8-4-9(11(16)17)18-7(8)2/h3-4H,5H2,1-2H3,(H,16,17)(H,13,14,15). The molecule has 2 heterocycles. The van der Waals surface area contributed by atoms with Gasteiger partial charge in [-0.15, -0.1) is 0 Å². The number of aromatic carboxylic acids is 1. The molecule has 7 heteroatoms. The van der Waals surface area contributed by atoms with Crippen molar-refractivity contribution in [3.63, 3.8) is 0 Å². The van der Waals surface area contributed by atoms with E-state index in [0.717, 1.165) is 5.56 Å². The molecule has 0 saturated heterocycles. The summed E-state index contributed by atoms with van der Waals surface area (Å²) in [7, 11) is 0. The summed E-state index contributed by atoms with van der Waals surface area (Å²) in [5, 5.41) is 9.32. The molecule has 2 N–H and O–H groups in total. The SMILES string of the molecule is Cc1cc(=O)[nH]c(SCc2cc(C(=O)O)oc2C)n1. The number of hydrogen-bond acceptors (Lipinski definition) is 5. The molecule has 0 spiro atoms. The third-order valence-electron chi connectivity index (χ3n) is 2.44. The number of aryl methyl sites for hydroxylation is 2. The smallest absolute Gasteiger partial charge is 0.371 e. The Hall–Kier alpha value is -2.02. The van der Waals surface area contributed by atoms with Crippen LogP contribution in [-0.2, 0) is 5.75 Å². The minimum Gasteiger partial charge on any atom is -0.475 e. The molecule has 19 heavy (non-hydrogen) atoms. The van der Waals surface area contributed by atoms with Crippen molar-refractivity contribution in [1.29, 1.82) is 0 Å². The normalized spacial score (nSPS) is 10.6. The molecular formula is C12H12N2O4S. The van der Waals surface area contributed by atoms with Gasteiger partial charge in [-0.1, -0.05) is 11.8 Å². The Balaban J connectivity index is 2.14. The fraction of sp³-hybridized carbons (Fsp3) is 0.250. The summed E-state index contributed by atoms with van der Waals surface area (Å²) in [6, 6.07) is 2.90. The van der Waals surface area contributed by atoms with Gasteiger partial charge in [-0.3, -0.25) is 4.79 Å². The van der Waals surface area contributed by atoms with E-state index < -0.39 is 5.97 Å². The van der Waals surface area contributed by atoms with E-state index in [4.69, 9.17) is 9.52 Å². The van der Waals surface area contributed by atoms with Gasteiger partial charge in [0.15, 0.2) is 5.16 Å². The molecule has 0 atom stereocenters. The molecule has 0 aliphatic rings. The molecule has 0 saturated carbocycles. The second kappa shape index (κ2) is 5.31. The number of furan rings is 1. The summed E-state index contributed by atoms with van der Waals surface area (Å²) in [6.45, 7) is 3.44. The van der Waals surface area contributed by atoms with Crippen LogP contribution in [0.4, 0.5) is 0 Å². The average Bonchev–Trinajstić information content (AvgIpc) is 2.67. The quantitative estimate of drug-likeness (QED) is 0.656. The Labute approximate surface area is 112 Å². The van der Waals surface area contributed by atoms with Gasteiger partial charge in [0.1, 0.15) is 5.76 Å². The van der Waals surface area contributed by atoms with Crippen molar-refractivity contribution in [2.75, 3.05) is 0 Å². The zero-order valence-corrected chi connectivity index (χ0v) is 11.2. The van der Waals surface area contributed by atoms with Crippen molar-refractivity contribution in [3.8, 4) is 0 Å². The predicted octanol–water partition coefficient (Wildman–Crippen LogP) is 1.97. The summed E-state index contributed by atoms with van der Waals surface area (Å²) in [4.78, 5) is 28.8. The number of carboxylic acids is 1. The average molecular weight is 280 g/mol. The Bertz CT molecular complexity index is 675. The van der Waals surface area contributed by atoms with Crippen molar-refractivity contribution in [2.24, 2.45) is 0 Å². The highest BCUT2D eigenvalue weighted by molar-refractivity contribution is 7.98. The van der Waals surface area contributed by atoms with E-state index in [1.165, 1.54) is 23.9 Å². The number of nitrogens with zero attached hydrogens (tertiary/aromatic N) is 1. The van der Waals surface area contributed by atoms with Gasteiger partial charge in [-0.2, -0.15) is 0 Å². The molecule has 0 fully saturated rings. The maximum Gasteiger partial charge on any atom is 0.371 e. The van der Waals surface area contributed by atoms with Crippen LogP contribution in [0.1, 0.15) is 27.6 Å². The zero-order valence-electron chi connectivity index (χ0n) is 10.4. The van der Waals surface area contributed by atoms with Crippen LogP contribution in [0.15, 0.2) is 26.5 Å². The summed E-state index contributed by atoms with van der Waals surface area (Å²) < 4.78 is 5.11. The third kappa shape index (κ3) is 3.25. The molecule has 0 bridgehead atoms. The molecular weight excluding hydrogens is 268 g/mol. The number of carboxylic acid groups (broad SMARTS) is 1. The van der Waals surface area contributed by atoms with E-state index in [2.05, 4.69) is 9.97 Å². The molecule has 0 radical (unpaired) electrons. The molecule has 2 aromatic rings. The summed E-state index contributed by atoms with van der Waals surface area (Å²) >= 11 is 1.32. The summed E-state index contributed by atoms with van der Waals surface area (Å²) in [5.41, 5.74) is 1.21. The maximum absolute atomic E-state index is 11.3. The van der Waals surface area contributed by atoms with Crippen LogP contribution in [0.5, 0.6) is 0 Å². The van der Waals surface area contributed by atoms with Crippen LogP contribution in [0.2, 0.25) is 0 Å². The zero-order chi connectivity index (χ0) is 14.0. The molecule has 6 nitrogen and oxygen atoms in total. The second-order valence-electron chi connectivity index (χ2n) is 3.98. The van der Waals surface area contributed by atoms with Crippen LogP contribution in [0, 0.1) is 13.8 Å². The van der Waals surface area contributed by atoms with Gasteiger partial charge in [-0.25, -0.2) is 9.78 Å². The van der Waals surface area contributed by atoms with Crippen molar-refractivity contribution < 1.29 is 14.3 Å². The number of aromatic nitrogens is 2. The number of rotatable bonds is 4. The Morgan fingerprint density at radius 1 is 1.47 bits per heavy atom. The van der Waals surface area contributed by atoms with E-state index in [9.17, 15) is 9.59 Å². The Morgan fingerprint density at radius 3 is 2.79 bits per heavy atom. The molecule has 0 aliphatic heterocycles. The van der Waals surface area contributed by atoms with Crippen molar-refractivity contribution in [1.82, 2.24) is 9.97 Å². The lowest BCUT2D eigenvalue weighted by atomic mass is 10.3. The summed E-state index contributed by atoms with van der Waals surface area (Å²) in [5.74, 6) is -0.144. The highest BCUT2D eigenvalue weighted by Crippen LogP contribution is 2.23. The first kappa shape index (κ1) is 13.4. The largest absolute Gasteiger partial charge is 0.475 e. The van der Waals surface area contributed by atoms with Crippen molar-refractivity contribution >= 4 is 17.7 Å². The number of hydrogen-bond donors (Lipinski definition) is 2. The lowest BCUT2D eigenvalue weighted by molar-refractivity contribution is 0.0661.